The predicted molar refractivity (Wildman–Crippen MR) is 498 cm³/mol. The molecule has 0 aliphatic carbocycles. The molecule has 7 nitrogen and oxygen atoms in total. The Hall–Kier alpha value is -14.8. The number of hydrogen-bond donors (Lipinski definition) is 0. The summed E-state index contributed by atoms with van der Waals surface area (Å²) in [5.74, 6) is 1.38. The van der Waals surface area contributed by atoms with Crippen LogP contribution in [0, 0.1) is 0 Å². The molecule has 16 aromatic carbocycles. The monoisotopic (exact) mass is 1560 g/mol. The highest BCUT2D eigenvalue weighted by atomic mass is 32.1. The van der Waals surface area contributed by atoms with Gasteiger partial charge in [0, 0.05) is 123 Å². The summed E-state index contributed by atoms with van der Waals surface area (Å²) in [6, 6.07) is 137. The molecule has 0 saturated heterocycles. The summed E-state index contributed by atoms with van der Waals surface area (Å²) in [7, 11) is 0. The van der Waals surface area contributed by atoms with Gasteiger partial charge in [-0.1, -0.05) is 334 Å². The molecule has 24 aromatic rings. The fourth-order valence-corrected chi connectivity index (χ4v) is 20.8. The third-order valence-corrected chi connectivity index (χ3v) is 26.4. The zero-order valence-corrected chi connectivity index (χ0v) is 65.7. The number of hydrogen-bond acceptors (Lipinski definition) is 10. The van der Waals surface area contributed by atoms with Crippen LogP contribution in [0.4, 0.5) is 0 Å². The number of thiophene rings is 3. The van der Waals surface area contributed by atoms with Crippen LogP contribution < -0.4 is 0 Å². The van der Waals surface area contributed by atoms with Gasteiger partial charge in [-0.15, -0.1) is 34.0 Å². The van der Waals surface area contributed by atoms with Crippen molar-refractivity contribution in [2.75, 3.05) is 0 Å². The molecule has 0 saturated carbocycles. The quantitative estimate of drug-likeness (QED) is 0.127. The molecule has 118 heavy (non-hydrogen) atoms. The Bertz CT molecular complexity index is 8110. The van der Waals surface area contributed by atoms with Crippen molar-refractivity contribution >= 4 is 149 Å². The lowest BCUT2D eigenvalue weighted by atomic mass is 9.96. The van der Waals surface area contributed by atoms with Crippen LogP contribution in [0.5, 0.6) is 0 Å². The van der Waals surface area contributed by atoms with Crippen LogP contribution in [0.1, 0.15) is 0 Å². The van der Waals surface area contributed by atoms with E-state index < -0.39 is 0 Å². The number of pyridine rings is 2. The van der Waals surface area contributed by atoms with Gasteiger partial charge in [0.25, 0.3) is 0 Å². The molecule has 550 valence electrons. The van der Waals surface area contributed by atoms with Crippen LogP contribution in [-0.4, -0.2) is 29.9 Å². The lowest BCUT2D eigenvalue weighted by molar-refractivity contribution is 0.670. The molecule has 8 aromatic heterocycles. The summed E-state index contributed by atoms with van der Waals surface area (Å²) in [6.45, 7) is 0. The Balaban J connectivity index is 0.000000138. The van der Waals surface area contributed by atoms with E-state index in [0.29, 0.717) is 11.6 Å². The van der Waals surface area contributed by atoms with E-state index in [9.17, 15) is 0 Å². The average Bonchev–Trinajstić information content (AvgIpc) is 1.54. The first kappa shape index (κ1) is 68.8. The molecule has 0 amide bonds. The SMILES string of the molecule is c1ccc(-c2ccc3c(c2)nc(-c2ccc(-c4cc(-c5ccc(-c6cccc7c6oc6ccccc67)cc5)nc(-c5ccccc5)n4)cc2)c2sc4ccccc4c23)cc1.c1ccc(-c2nc(-c3cccc(-c4nc5cc(-c6cccc7ccccc67)ccc5c5c4sc4ccccc45)c3)cc(-c3cccc4c3sc3ccccc34)n2)cc1. The maximum Gasteiger partial charge on any atom is 0.160 e. The Labute approximate surface area is 690 Å². The molecular formula is C108H64N6OS3. The molecule has 8 heterocycles. The van der Waals surface area contributed by atoms with Crippen molar-refractivity contribution in [3.8, 4) is 124 Å². The van der Waals surface area contributed by atoms with Crippen molar-refractivity contribution in [1.29, 1.82) is 0 Å². The van der Waals surface area contributed by atoms with Gasteiger partial charge in [0.2, 0.25) is 0 Å². The standard InChI is InChI=1S/C55H33N3OS.C53H31N3S2/c1-3-12-34(13-4-1)40-30-31-44-48(32-40)56-52(54-51(44)45-17-8-10-21-50(45)60-54)38-28-26-37(27-29-38)47-33-46(57-55(58-47)39-14-5-2-6-15-39)36-24-22-35(23-25-36)41-18-11-19-43-42-16-7-9-20-49(42)59-53(41)43;1-2-14-33(15-3-1)53-55-44(31-46(56-53)42-24-12-23-40-39-20-6-8-25-47(39)57-51(40)42)35-17-10-18-36(29-35)50-52-49(43-21-7-9-26-48(43)58-52)41-28-27-34(30-45(41)54-50)38-22-11-16-32-13-4-5-19-37(32)38/h1-33H;1-31H. The minimum Gasteiger partial charge on any atom is -0.455 e. The number of benzene rings is 16. The zero-order chi connectivity index (χ0) is 77.7. The number of aromatic nitrogens is 6. The van der Waals surface area contributed by atoms with Gasteiger partial charge in [-0.05, 0) is 93.2 Å². The first-order valence-electron chi connectivity index (χ1n) is 39.5. The molecule has 10 heteroatoms. The lowest BCUT2D eigenvalue weighted by Gasteiger charge is -2.13. The molecule has 0 N–H and O–H groups in total. The first-order chi connectivity index (χ1) is 58.4. The molecule has 0 aliphatic heterocycles. The number of rotatable bonds is 11. The van der Waals surface area contributed by atoms with E-state index in [0.717, 1.165) is 134 Å². The lowest BCUT2D eigenvalue weighted by Crippen LogP contribution is -1.96. The maximum atomic E-state index is 6.37. The van der Waals surface area contributed by atoms with E-state index in [-0.39, 0.29) is 0 Å². The second kappa shape index (κ2) is 28.6. The fourth-order valence-electron chi connectivity index (χ4n) is 17.1. The highest BCUT2D eigenvalue weighted by Crippen LogP contribution is 2.48. The van der Waals surface area contributed by atoms with Gasteiger partial charge in [-0.2, -0.15) is 0 Å². The number of nitrogens with zero attached hydrogens (tertiary/aromatic N) is 6. The highest BCUT2D eigenvalue weighted by Gasteiger charge is 2.23. The van der Waals surface area contributed by atoms with Crippen LogP contribution in [0.3, 0.4) is 0 Å². The number of fused-ring (bicyclic) bond motifs is 17. The number of para-hydroxylation sites is 2. The van der Waals surface area contributed by atoms with Crippen molar-refractivity contribution in [2.24, 2.45) is 0 Å². The molecule has 0 unspecified atom stereocenters. The molecule has 0 fully saturated rings. The van der Waals surface area contributed by atoms with E-state index in [2.05, 4.69) is 340 Å². The van der Waals surface area contributed by atoms with Crippen LogP contribution in [0.2, 0.25) is 0 Å². The van der Waals surface area contributed by atoms with Crippen LogP contribution >= 0.6 is 34.0 Å². The Kier molecular flexibility index (Phi) is 16.7. The van der Waals surface area contributed by atoms with E-state index in [1.807, 2.05) is 82.5 Å². The van der Waals surface area contributed by atoms with Crippen LogP contribution in [0.15, 0.2) is 393 Å². The molecule has 0 radical (unpaired) electrons. The Morgan fingerprint density at radius 1 is 0.203 bits per heavy atom. The van der Waals surface area contributed by atoms with Gasteiger partial charge < -0.3 is 4.42 Å². The molecule has 0 bridgehead atoms. The summed E-state index contributed by atoms with van der Waals surface area (Å²) in [4.78, 5) is 31.7. The number of furan rings is 1. The van der Waals surface area contributed by atoms with Gasteiger partial charge in [0.05, 0.1) is 54.6 Å². The summed E-state index contributed by atoms with van der Waals surface area (Å²) in [5.41, 5.74) is 24.3. The third kappa shape index (κ3) is 12.1. The van der Waals surface area contributed by atoms with Crippen LogP contribution in [0.25, 0.3) is 239 Å². The van der Waals surface area contributed by atoms with Gasteiger partial charge in [0.15, 0.2) is 11.6 Å². The summed E-state index contributed by atoms with van der Waals surface area (Å²) in [6.07, 6.45) is 0. The van der Waals surface area contributed by atoms with Crippen molar-refractivity contribution in [3.05, 3.63) is 388 Å². The van der Waals surface area contributed by atoms with Crippen LogP contribution in [-0.2, 0) is 0 Å². The summed E-state index contributed by atoms with van der Waals surface area (Å²) >= 11 is 5.45. The van der Waals surface area contributed by atoms with Crippen molar-refractivity contribution in [1.82, 2.24) is 29.9 Å². The van der Waals surface area contributed by atoms with E-state index in [1.165, 1.54) is 93.2 Å². The smallest absolute Gasteiger partial charge is 0.160 e. The molecular weight excluding hydrogens is 1490 g/mol. The first-order valence-corrected chi connectivity index (χ1v) is 42.0. The molecule has 0 aliphatic rings. The van der Waals surface area contributed by atoms with E-state index >= 15 is 0 Å². The summed E-state index contributed by atoms with van der Waals surface area (Å²) < 4.78 is 13.8. The molecule has 0 spiro atoms. The minimum atomic E-state index is 0.681. The Morgan fingerprint density at radius 3 is 1.27 bits per heavy atom. The maximum absolute atomic E-state index is 6.37. The van der Waals surface area contributed by atoms with Gasteiger partial charge in [-0.25, -0.2) is 29.9 Å². The second-order valence-corrected chi connectivity index (χ2v) is 33.0. The summed E-state index contributed by atoms with van der Waals surface area (Å²) in [5, 5.41) is 14.6. The van der Waals surface area contributed by atoms with Gasteiger partial charge in [-0.3, -0.25) is 0 Å². The Morgan fingerprint density at radius 2 is 0.619 bits per heavy atom. The minimum absolute atomic E-state index is 0.681. The van der Waals surface area contributed by atoms with Crippen molar-refractivity contribution < 1.29 is 4.42 Å². The normalized spacial score (nSPS) is 11.7. The largest absolute Gasteiger partial charge is 0.455 e. The van der Waals surface area contributed by atoms with E-state index in [1.54, 1.807) is 0 Å². The van der Waals surface area contributed by atoms with Gasteiger partial charge in [0.1, 0.15) is 11.2 Å². The third-order valence-electron chi connectivity index (χ3n) is 22.8. The van der Waals surface area contributed by atoms with Gasteiger partial charge >= 0.3 is 0 Å². The molecule has 0 atom stereocenters. The van der Waals surface area contributed by atoms with Crippen molar-refractivity contribution in [3.63, 3.8) is 0 Å². The molecule has 24 rings (SSSR count). The average molecular weight is 1560 g/mol. The second-order valence-electron chi connectivity index (χ2n) is 29.8. The highest BCUT2D eigenvalue weighted by molar-refractivity contribution is 7.27. The fraction of sp³-hybridized carbons (Fsp3) is 0. The topological polar surface area (TPSA) is 90.5 Å². The zero-order valence-electron chi connectivity index (χ0n) is 63.3. The van der Waals surface area contributed by atoms with E-state index in [4.69, 9.17) is 34.3 Å². The predicted octanol–water partition coefficient (Wildman–Crippen LogP) is 30.5. The van der Waals surface area contributed by atoms with Crippen molar-refractivity contribution in [2.45, 2.75) is 0 Å².